The van der Waals surface area contributed by atoms with E-state index < -0.39 is 27.8 Å². The fraction of sp³-hybridized carbons (Fsp3) is 0.333. The van der Waals surface area contributed by atoms with E-state index in [4.69, 9.17) is 0 Å². The predicted molar refractivity (Wildman–Crippen MR) is 87.8 cm³/mol. The van der Waals surface area contributed by atoms with E-state index in [2.05, 4.69) is 6.92 Å². The normalized spacial score (nSPS) is 11.8. The van der Waals surface area contributed by atoms with Crippen LogP contribution in [0.5, 0.6) is 0 Å². The summed E-state index contributed by atoms with van der Waals surface area (Å²) in [6.07, 6.45) is 3.71. The first kappa shape index (κ1) is 18.9. The highest BCUT2D eigenvalue weighted by molar-refractivity contribution is 9.09. The Kier molecular flexibility index (Phi) is 6.01. The molecule has 130 valence electrons. The largest absolute Gasteiger partial charge is 0.332 e. The van der Waals surface area contributed by atoms with E-state index in [9.17, 15) is 22.0 Å². The molecule has 0 amide bonds. The quantitative estimate of drug-likeness (QED) is 0.276. The van der Waals surface area contributed by atoms with Crippen molar-refractivity contribution < 1.29 is 22.0 Å². The van der Waals surface area contributed by atoms with Crippen molar-refractivity contribution in [1.82, 2.24) is 0 Å². The van der Waals surface area contributed by atoms with Gasteiger partial charge in [0.25, 0.3) is 0 Å². The zero-order chi connectivity index (χ0) is 17.9. The van der Waals surface area contributed by atoms with Gasteiger partial charge in [-0.25, -0.2) is 13.2 Å². The van der Waals surface area contributed by atoms with Crippen LogP contribution in [-0.2, 0) is 11.3 Å². The predicted octanol–water partition coefficient (Wildman–Crippen LogP) is 6.95. The van der Waals surface area contributed by atoms with Gasteiger partial charge in [0, 0.05) is 5.56 Å². The van der Waals surface area contributed by atoms with Gasteiger partial charge in [-0.3, -0.25) is 0 Å². The van der Waals surface area contributed by atoms with Crippen LogP contribution in [0.3, 0.4) is 0 Å². The molecule has 0 fully saturated rings. The fourth-order valence-corrected chi connectivity index (χ4v) is 2.91. The molecule has 0 saturated carbocycles. The lowest BCUT2D eigenvalue weighted by atomic mass is 9.99. The third-order valence-corrected chi connectivity index (χ3v) is 4.14. The number of rotatable bonds is 6. The summed E-state index contributed by atoms with van der Waals surface area (Å²) >= 11 is 1.94. The molecule has 0 aromatic heterocycles. The minimum Gasteiger partial charge on any atom is -0.206 e. The first-order chi connectivity index (χ1) is 11.2. The van der Waals surface area contributed by atoms with Crippen molar-refractivity contribution in [2.24, 2.45) is 0 Å². The van der Waals surface area contributed by atoms with Crippen LogP contribution < -0.4 is 0 Å². The van der Waals surface area contributed by atoms with E-state index in [0.717, 1.165) is 24.8 Å². The lowest BCUT2D eigenvalue weighted by molar-refractivity contribution is 0.105. The van der Waals surface area contributed by atoms with Crippen molar-refractivity contribution in [3.63, 3.8) is 0 Å². The first-order valence-electron chi connectivity index (χ1n) is 7.59. The highest BCUT2D eigenvalue weighted by Gasteiger charge is 2.35. The number of benzene rings is 2. The van der Waals surface area contributed by atoms with Gasteiger partial charge in [0.2, 0.25) is 0 Å². The summed E-state index contributed by atoms with van der Waals surface area (Å²) in [5.41, 5.74) is -0.753. The summed E-state index contributed by atoms with van der Waals surface area (Å²) in [4.78, 5) is -3.83. The smallest absolute Gasteiger partial charge is 0.206 e. The van der Waals surface area contributed by atoms with Gasteiger partial charge in [-0.2, -0.15) is 8.78 Å². The fourth-order valence-electron chi connectivity index (χ4n) is 2.53. The molecule has 2 rings (SSSR count). The number of halogens is 6. The third kappa shape index (κ3) is 4.35. The Morgan fingerprint density at radius 3 is 2.04 bits per heavy atom. The number of hydrogen-bond donors (Lipinski definition) is 0. The summed E-state index contributed by atoms with van der Waals surface area (Å²) in [6.45, 7) is 2.06. The molecular weight excluding hydrogens is 391 g/mol. The van der Waals surface area contributed by atoms with Crippen molar-refractivity contribution >= 4 is 15.9 Å². The van der Waals surface area contributed by atoms with Gasteiger partial charge in [0.15, 0.2) is 0 Å². The van der Waals surface area contributed by atoms with E-state index >= 15 is 0 Å². The topological polar surface area (TPSA) is 0 Å². The maximum absolute atomic E-state index is 14.2. The van der Waals surface area contributed by atoms with Gasteiger partial charge >= 0.3 is 4.83 Å². The molecule has 0 heterocycles. The molecule has 0 nitrogen and oxygen atoms in total. The van der Waals surface area contributed by atoms with Crippen LogP contribution >= 0.6 is 15.9 Å². The maximum atomic E-state index is 14.2. The number of unbranched alkanes of at least 4 members (excludes halogenated alkanes) is 2. The average molecular weight is 407 g/mol. The zero-order valence-electron chi connectivity index (χ0n) is 13.0. The van der Waals surface area contributed by atoms with Crippen molar-refractivity contribution in [2.75, 3.05) is 0 Å². The SMILES string of the molecule is CCCCCc1ccc(-c2cc(F)c(C(F)(F)Br)c(F)c2)c(F)c1. The van der Waals surface area contributed by atoms with Crippen molar-refractivity contribution in [2.45, 2.75) is 37.4 Å². The molecule has 0 atom stereocenters. The van der Waals surface area contributed by atoms with Crippen molar-refractivity contribution in [3.05, 3.63) is 58.9 Å². The van der Waals surface area contributed by atoms with Gasteiger partial charge in [0.1, 0.15) is 23.0 Å². The molecule has 6 heteroatoms. The Balaban J connectivity index is 2.35. The highest BCUT2D eigenvalue weighted by Crippen LogP contribution is 2.39. The van der Waals surface area contributed by atoms with Gasteiger partial charge in [-0.1, -0.05) is 31.9 Å². The standard InChI is InChI=1S/C18H16BrF5/c1-2-3-4-5-11-6-7-13(14(20)8-11)12-9-15(21)17(16(22)10-12)18(19,23)24/h6-10H,2-5H2,1H3. The van der Waals surface area contributed by atoms with E-state index in [1.807, 2.05) is 15.9 Å². The van der Waals surface area contributed by atoms with E-state index in [0.29, 0.717) is 18.6 Å². The summed E-state index contributed by atoms with van der Waals surface area (Å²) < 4.78 is 68.2. The zero-order valence-corrected chi connectivity index (χ0v) is 14.6. The Morgan fingerprint density at radius 2 is 1.54 bits per heavy atom. The van der Waals surface area contributed by atoms with Gasteiger partial charge < -0.3 is 0 Å². The second kappa shape index (κ2) is 7.64. The van der Waals surface area contributed by atoms with Crippen LogP contribution in [0, 0.1) is 17.5 Å². The van der Waals surface area contributed by atoms with E-state index in [-0.39, 0.29) is 11.1 Å². The van der Waals surface area contributed by atoms with Gasteiger partial charge in [-0.05, 0) is 58.1 Å². The number of alkyl halides is 3. The second-order valence-corrected chi connectivity index (χ2v) is 6.58. The molecule has 2 aromatic carbocycles. The molecule has 0 unspecified atom stereocenters. The van der Waals surface area contributed by atoms with E-state index in [1.165, 1.54) is 12.1 Å². The highest BCUT2D eigenvalue weighted by atomic mass is 79.9. The van der Waals surface area contributed by atoms with Crippen LogP contribution in [0.25, 0.3) is 11.1 Å². The monoisotopic (exact) mass is 406 g/mol. The summed E-state index contributed by atoms with van der Waals surface area (Å²) in [7, 11) is 0. The van der Waals surface area contributed by atoms with Crippen molar-refractivity contribution in [3.8, 4) is 11.1 Å². The Bertz CT molecular complexity index is 699. The van der Waals surface area contributed by atoms with Gasteiger partial charge in [-0.15, -0.1) is 0 Å². The van der Waals surface area contributed by atoms with Gasteiger partial charge in [0.05, 0.1) is 0 Å². The van der Waals surface area contributed by atoms with Crippen LogP contribution in [0.15, 0.2) is 30.3 Å². The molecule has 0 aliphatic rings. The van der Waals surface area contributed by atoms with Crippen LogP contribution in [0.2, 0.25) is 0 Å². The number of hydrogen-bond acceptors (Lipinski definition) is 0. The molecule has 0 saturated heterocycles. The number of aryl methyl sites for hydroxylation is 1. The lowest BCUT2D eigenvalue weighted by Crippen LogP contribution is -2.09. The van der Waals surface area contributed by atoms with Crippen LogP contribution in [-0.4, -0.2) is 0 Å². The molecule has 0 aliphatic carbocycles. The molecule has 24 heavy (non-hydrogen) atoms. The Hall–Kier alpha value is -1.43. The minimum atomic E-state index is -3.83. The third-order valence-electron chi connectivity index (χ3n) is 3.74. The Labute approximate surface area is 145 Å². The van der Waals surface area contributed by atoms with Crippen LogP contribution in [0.4, 0.5) is 22.0 Å². The minimum absolute atomic E-state index is 0.0310. The molecule has 0 spiro atoms. The average Bonchev–Trinajstić information content (AvgIpc) is 2.45. The molecular formula is C18H16BrF5. The molecule has 0 N–H and O–H groups in total. The summed E-state index contributed by atoms with van der Waals surface area (Å²) in [5, 5.41) is 0. The molecule has 0 bridgehead atoms. The van der Waals surface area contributed by atoms with Crippen LogP contribution in [0.1, 0.15) is 37.3 Å². The van der Waals surface area contributed by atoms with Crippen molar-refractivity contribution in [1.29, 1.82) is 0 Å². The maximum Gasteiger partial charge on any atom is 0.332 e. The molecule has 0 radical (unpaired) electrons. The summed E-state index contributed by atoms with van der Waals surface area (Å²) in [5.74, 6) is -3.50. The summed E-state index contributed by atoms with van der Waals surface area (Å²) in [6, 6.07) is 5.83. The van der Waals surface area contributed by atoms with E-state index in [1.54, 1.807) is 6.07 Å². The first-order valence-corrected chi connectivity index (χ1v) is 8.38. The molecule has 0 aliphatic heterocycles. The Morgan fingerprint density at radius 1 is 0.917 bits per heavy atom. The molecule has 2 aromatic rings. The second-order valence-electron chi connectivity index (χ2n) is 5.58. The lowest BCUT2D eigenvalue weighted by Gasteiger charge is -2.13.